The van der Waals surface area contributed by atoms with E-state index in [0.717, 1.165) is 48.6 Å². The Hall–Kier alpha value is -2.50. The molecule has 1 aromatic heterocycles. The number of para-hydroxylation sites is 1. The van der Waals surface area contributed by atoms with Crippen molar-refractivity contribution < 1.29 is 9.53 Å². The Balaban J connectivity index is 1.61. The third-order valence-corrected chi connectivity index (χ3v) is 5.12. The summed E-state index contributed by atoms with van der Waals surface area (Å²) in [6, 6.07) is 15.6. The zero-order valence-electron chi connectivity index (χ0n) is 14.5. The Morgan fingerprint density at radius 2 is 1.88 bits per heavy atom. The first-order valence-corrected chi connectivity index (χ1v) is 9.00. The number of aryl methyl sites for hydroxylation is 1. The molecule has 0 unspecified atom stereocenters. The molecule has 1 aliphatic heterocycles. The molecule has 2 heterocycles. The van der Waals surface area contributed by atoms with Gasteiger partial charge in [-0.3, -0.25) is 4.79 Å². The molecule has 4 rings (SSSR count). The maximum absolute atomic E-state index is 12.9. The van der Waals surface area contributed by atoms with E-state index in [0.29, 0.717) is 10.7 Å². The van der Waals surface area contributed by atoms with Gasteiger partial charge in [-0.2, -0.15) is 0 Å². The molecule has 2 aromatic carbocycles. The quantitative estimate of drug-likeness (QED) is 0.761. The number of carbonyl (C=O) groups is 1. The summed E-state index contributed by atoms with van der Waals surface area (Å²) in [6.07, 6.45) is 0. The summed E-state index contributed by atoms with van der Waals surface area (Å²) in [4.78, 5) is 15.1. The molecule has 5 nitrogen and oxygen atoms in total. The summed E-state index contributed by atoms with van der Waals surface area (Å²) < 4.78 is 7.23. The van der Waals surface area contributed by atoms with Gasteiger partial charge in [-0.05, 0) is 24.3 Å². The van der Waals surface area contributed by atoms with Crippen LogP contribution in [0.15, 0.2) is 48.5 Å². The summed E-state index contributed by atoms with van der Waals surface area (Å²) in [5.41, 5.74) is 3.23. The van der Waals surface area contributed by atoms with Crippen molar-refractivity contribution in [3.63, 3.8) is 0 Å². The fourth-order valence-electron chi connectivity index (χ4n) is 3.39. The van der Waals surface area contributed by atoms with Gasteiger partial charge in [-0.15, -0.1) is 0 Å². The number of hydrogen-bond acceptors (Lipinski definition) is 3. The number of nitrogens with zero attached hydrogens (tertiary/aromatic N) is 2. The molecular weight excluding hydrogens is 350 g/mol. The van der Waals surface area contributed by atoms with Crippen LogP contribution in [0.5, 0.6) is 0 Å². The van der Waals surface area contributed by atoms with Crippen LogP contribution in [0.3, 0.4) is 0 Å². The van der Waals surface area contributed by atoms with Crippen LogP contribution in [0, 0.1) is 0 Å². The van der Waals surface area contributed by atoms with Crippen molar-refractivity contribution in [1.29, 1.82) is 0 Å². The number of anilines is 2. The van der Waals surface area contributed by atoms with E-state index in [1.165, 1.54) is 0 Å². The van der Waals surface area contributed by atoms with E-state index in [2.05, 4.69) is 10.2 Å². The van der Waals surface area contributed by atoms with E-state index in [9.17, 15) is 4.79 Å². The first-order valence-electron chi connectivity index (χ1n) is 8.62. The SMILES string of the molecule is Cn1c(C(=O)Nc2cccc(N3CCOCC3)c2)c(Cl)c2ccccc21. The highest BCUT2D eigenvalue weighted by atomic mass is 35.5. The lowest BCUT2D eigenvalue weighted by Gasteiger charge is -2.29. The lowest BCUT2D eigenvalue weighted by molar-refractivity contribution is 0.102. The largest absolute Gasteiger partial charge is 0.378 e. The summed E-state index contributed by atoms with van der Waals surface area (Å²) in [6.45, 7) is 3.16. The van der Waals surface area contributed by atoms with Crippen molar-refractivity contribution in [1.82, 2.24) is 4.57 Å². The maximum Gasteiger partial charge on any atom is 0.273 e. The first-order chi connectivity index (χ1) is 12.6. The summed E-state index contributed by atoms with van der Waals surface area (Å²) in [5, 5.41) is 4.33. The summed E-state index contributed by atoms with van der Waals surface area (Å²) in [7, 11) is 1.85. The van der Waals surface area contributed by atoms with Crippen molar-refractivity contribution in [2.45, 2.75) is 0 Å². The Kier molecular flexibility index (Phi) is 4.57. The second-order valence-corrected chi connectivity index (χ2v) is 6.72. The van der Waals surface area contributed by atoms with Gasteiger partial charge in [0.2, 0.25) is 0 Å². The highest BCUT2D eigenvalue weighted by Crippen LogP contribution is 2.30. The molecule has 0 atom stereocenters. The normalized spacial score (nSPS) is 14.6. The zero-order chi connectivity index (χ0) is 18.1. The van der Waals surface area contributed by atoms with Crippen molar-refractivity contribution in [3.05, 3.63) is 59.2 Å². The molecule has 26 heavy (non-hydrogen) atoms. The third-order valence-electron chi connectivity index (χ3n) is 4.74. The number of amides is 1. The fraction of sp³-hybridized carbons (Fsp3) is 0.250. The van der Waals surface area contributed by atoms with Gasteiger partial charge in [0.1, 0.15) is 5.69 Å². The molecule has 0 aliphatic carbocycles. The highest BCUT2D eigenvalue weighted by Gasteiger charge is 2.20. The Bertz CT molecular complexity index is 922. The summed E-state index contributed by atoms with van der Waals surface area (Å²) >= 11 is 6.47. The number of aromatic nitrogens is 1. The molecule has 0 radical (unpaired) electrons. The second kappa shape index (κ2) is 7.02. The first kappa shape index (κ1) is 16.9. The number of rotatable bonds is 3. The van der Waals surface area contributed by atoms with Gasteiger partial charge in [0, 0.05) is 42.4 Å². The maximum atomic E-state index is 12.9. The van der Waals surface area contributed by atoms with Crippen molar-refractivity contribution >= 4 is 39.8 Å². The predicted octanol–water partition coefficient (Wildman–Crippen LogP) is 3.92. The minimum atomic E-state index is -0.215. The minimum absolute atomic E-state index is 0.215. The van der Waals surface area contributed by atoms with Gasteiger partial charge in [0.15, 0.2) is 0 Å². The van der Waals surface area contributed by atoms with Crippen LogP contribution in [-0.2, 0) is 11.8 Å². The van der Waals surface area contributed by atoms with E-state index in [1.807, 2.05) is 60.1 Å². The number of ether oxygens (including phenoxy) is 1. The lowest BCUT2D eigenvalue weighted by Crippen LogP contribution is -2.36. The van der Waals surface area contributed by atoms with Gasteiger partial charge in [0.25, 0.3) is 5.91 Å². The van der Waals surface area contributed by atoms with E-state index in [1.54, 1.807) is 0 Å². The summed E-state index contributed by atoms with van der Waals surface area (Å²) in [5.74, 6) is -0.215. The van der Waals surface area contributed by atoms with Crippen molar-refractivity contribution in [3.8, 4) is 0 Å². The number of fused-ring (bicyclic) bond motifs is 1. The zero-order valence-corrected chi connectivity index (χ0v) is 15.3. The average molecular weight is 370 g/mol. The topological polar surface area (TPSA) is 46.5 Å². The molecule has 134 valence electrons. The fourth-order valence-corrected chi connectivity index (χ4v) is 3.76. The molecule has 1 saturated heterocycles. The average Bonchev–Trinajstić information content (AvgIpc) is 2.94. The molecular formula is C20H20ClN3O2. The number of nitrogens with one attached hydrogen (secondary N) is 1. The van der Waals surface area contributed by atoms with E-state index in [-0.39, 0.29) is 5.91 Å². The second-order valence-electron chi connectivity index (χ2n) is 6.34. The third kappa shape index (κ3) is 3.04. The van der Waals surface area contributed by atoms with Crippen molar-refractivity contribution in [2.75, 3.05) is 36.5 Å². The molecule has 0 saturated carbocycles. The molecule has 0 bridgehead atoms. The number of morpholine rings is 1. The number of benzene rings is 2. The van der Waals surface area contributed by atoms with Gasteiger partial charge >= 0.3 is 0 Å². The standard InChI is InChI=1S/C20H20ClN3O2/c1-23-17-8-3-2-7-16(17)18(21)19(23)20(25)22-14-5-4-6-15(13-14)24-9-11-26-12-10-24/h2-8,13H,9-12H2,1H3,(H,22,25). The minimum Gasteiger partial charge on any atom is -0.378 e. The molecule has 6 heteroatoms. The molecule has 1 amide bonds. The van der Waals surface area contributed by atoms with Crippen LogP contribution in [0.25, 0.3) is 10.9 Å². The van der Waals surface area contributed by atoms with Crippen molar-refractivity contribution in [2.24, 2.45) is 7.05 Å². The smallest absolute Gasteiger partial charge is 0.273 e. The Morgan fingerprint density at radius 3 is 2.65 bits per heavy atom. The van der Waals surface area contributed by atoms with E-state index in [4.69, 9.17) is 16.3 Å². The highest BCUT2D eigenvalue weighted by molar-refractivity contribution is 6.39. The van der Waals surface area contributed by atoms with Crippen LogP contribution < -0.4 is 10.2 Å². The molecule has 1 N–H and O–H groups in total. The van der Waals surface area contributed by atoms with Gasteiger partial charge in [-0.1, -0.05) is 35.9 Å². The van der Waals surface area contributed by atoms with Gasteiger partial charge in [0.05, 0.1) is 18.2 Å². The number of halogens is 1. The van der Waals surface area contributed by atoms with Crippen LogP contribution in [0.2, 0.25) is 5.02 Å². The molecule has 0 spiro atoms. The Morgan fingerprint density at radius 1 is 1.12 bits per heavy atom. The number of hydrogen-bond donors (Lipinski definition) is 1. The van der Waals surface area contributed by atoms with Crippen LogP contribution >= 0.6 is 11.6 Å². The number of carbonyl (C=O) groups excluding carboxylic acids is 1. The van der Waals surface area contributed by atoms with Crippen LogP contribution in [0.1, 0.15) is 10.5 Å². The van der Waals surface area contributed by atoms with Gasteiger partial charge in [-0.25, -0.2) is 0 Å². The van der Waals surface area contributed by atoms with E-state index >= 15 is 0 Å². The monoisotopic (exact) mass is 369 g/mol. The predicted molar refractivity (Wildman–Crippen MR) is 105 cm³/mol. The molecule has 3 aromatic rings. The lowest BCUT2D eigenvalue weighted by atomic mass is 10.2. The van der Waals surface area contributed by atoms with E-state index < -0.39 is 0 Å². The molecule has 1 fully saturated rings. The van der Waals surface area contributed by atoms with Crippen LogP contribution in [0.4, 0.5) is 11.4 Å². The van der Waals surface area contributed by atoms with Gasteiger partial charge < -0.3 is 19.5 Å². The van der Waals surface area contributed by atoms with Crippen LogP contribution in [-0.4, -0.2) is 36.8 Å². The molecule has 1 aliphatic rings. The Labute approximate surface area is 157 Å².